The van der Waals surface area contributed by atoms with Crippen LogP contribution in [0.25, 0.3) is 0 Å². The van der Waals surface area contributed by atoms with Crippen molar-refractivity contribution in [2.75, 3.05) is 6.54 Å². The smallest absolute Gasteiger partial charge is 0.330 e. The predicted molar refractivity (Wildman–Crippen MR) is 98.6 cm³/mol. The minimum Gasteiger partial charge on any atom is -0.330 e. The van der Waals surface area contributed by atoms with Gasteiger partial charge in [-0.15, -0.1) is 0 Å². The molecular weight excluding hydrogens is 384 g/mol. The number of aryl methyl sites for hydroxylation is 1. The molecule has 0 spiro atoms. The Morgan fingerprint density at radius 3 is 2.14 bits per heavy atom. The Bertz CT molecular complexity index is 996. The summed E-state index contributed by atoms with van der Waals surface area (Å²) in [6, 6.07) is 12.5. The fraction of sp³-hybridized carbons (Fsp3) is 0.211. The van der Waals surface area contributed by atoms with Gasteiger partial charge in [0.1, 0.15) is 0 Å². The Morgan fingerprint density at radius 2 is 1.57 bits per heavy atom. The van der Waals surface area contributed by atoms with Crippen LogP contribution in [0, 0.1) is 6.92 Å². The number of rotatable bonds is 7. The normalized spacial score (nSPS) is 13.5. The van der Waals surface area contributed by atoms with Crippen molar-refractivity contribution >= 4 is 27.8 Å². The number of amides is 2. The molecule has 0 aromatic heterocycles. The molecule has 28 heavy (non-hydrogen) atoms. The molecule has 0 aliphatic carbocycles. The molecule has 1 heterocycles. The van der Waals surface area contributed by atoms with Gasteiger partial charge >= 0.3 is 5.97 Å². The van der Waals surface area contributed by atoms with E-state index in [-0.39, 0.29) is 35.4 Å². The molecule has 0 atom stereocenters. The summed E-state index contributed by atoms with van der Waals surface area (Å²) in [5, 5.41) is 0.434. The lowest BCUT2D eigenvalue weighted by molar-refractivity contribution is -0.168. The summed E-state index contributed by atoms with van der Waals surface area (Å²) in [5.74, 6) is -2.20. The summed E-state index contributed by atoms with van der Waals surface area (Å²) >= 11 is 0. The highest BCUT2D eigenvalue weighted by atomic mass is 32.2. The van der Waals surface area contributed by atoms with E-state index in [1.165, 1.54) is 24.3 Å². The number of carbonyl (C=O) groups is 3. The molecule has 0 unspecified atom stereocenters. The monoisotopic (exact) mass is 402 g/mol. The Morgan fingerprint density at radius 1 is 1.00 bits per heavy atom. The van der Waals surface area contributed by atoms with Gasteiger partial charge in [0.2, 0.25) is 10.0 Å². The number of hydrogen-bond acceptors (Lipinski definition) is 6. The van der Waals surface area contributed by atoms with E-state index in [1.54, 1.807) is 24.3 Å². The van der Waals surface area contributed by atoms with Crippen molar-refractivity contribution < 1.29 is 27.6 Å². The second-order valence-corrected chi connectivity index (χ2v) is 7.99. The van der Waals surface area contributed by atoms with Crippen LogP contribution in [-0.4, -0.2) is 37.8 Å². The van der Waals surface area contributed by atoms with Crippen LogP contribution < -0.4 is 4.72 Å². The van der Waals surface area contributed by atoms with Gasteiger partial charge in [-0.2, -0.15) is 0 Å². The minimum atomic E-state index is -3.67. The van der Waals surface area contributed by atoms with E-state index >= 15 is 0 Å². The van der Waals surface area contributed by atoms with Crippen molar-refractivity contribution in [3.05, 3.63) is 65.2 Å². The average Bonchev–Trinajstić information content (AvgIpc) is 2.91. The maximum Gasteiger partial charge on any atom is 0.333 e. The fourth-order valence-corrected chi connectivity index (χ4v) is 3.71. The molecule has 0 fully saturated rings. The number of hydrogen-bond donors (Lipinski definition) is 1. The van der Waals surface area contributed by atoms with E-state index in [4.69, 9.17) is 4.84 Å². The molecule has 3 rings (SSSR count). The maximum absolute atomic E-state index is 12.2. The zero-order valence-corrected chi connectivity index (χ0v) is 15.9. The SMILES string of the molecule is Cc1ccc(S(=O)(=O)NCCCC(=O)ON2C(=O)c3ccccc3C2=O)cc1. The van der Waals surface area contributed by atoms with Gasteiger partial charge in [-0.25, -0.2) is 17.9 Å². The topological polar surface area (TPSA) is 110 Å². The van der Waals surface area contributed by atoms with E-state index in [2.05, 4.69) is 4.72 Å². The van der Waals surface area contributed by atoms with Crippen molar-refractivity contribution in [3.8, 4) is 0 Å². The van der Waals surface area contributed by atoms with Crippen LogP contribution >= 0.6 is 0 Å². The fourth-order valence-electron chi connectivity index (χ4n) is 2.64. The van der Waals surface area contributed by atoms with Gasteiger partial charge in [0.15, 0.2) is 0 Å². The third-order valence-corrected chi connectivity index (χ3v) is 5.61. The first-order valence-electron chi connectivity index (χ1n) is 8.54. The minimum absolute atomic E-state index is 0.00737. The molecule has 9 heteroatoms. The molecule has 0 bridgehead atoms. The van der Waals surface area contributed by atoms with E-state index in [0.717, 1.165) is 5.56 Å². The predicted octanol–water partition coefficient (Wildman–Crippen LogP) is 1.81. The van der Waals surface area contributed by atoms with Crippen LogP contribution in [0.2, 0.25) is 0 Å². The summed E-state index contributed by atoms with van der Waals surface area (Å²) in [6.07, 6.45) is -0.0169. The Hall–Kier alpha value is -3.04. The molecule has 0 radical (unpaired) electrons. The summed E-state index contributed by atoms with van der Waals surface area (Å²) in [7, 11) is -3.67. The third kappa shape index (κ3) is 4.10. The second kappa shape index (κ2) is 7.91. The number of nitrogens with zero attached hydrogens (tertiary/aromatic N) is 1. The van der Waals surface area contributed by atoms with Crippen LogP contribution in [0.15, 0.2) is 53.4 Å². The number of hydroxylamine groups is 2. The molecule has 146 valence electrons. The Kier molecular flexibility index (Phi) is 5.57. The number of sulfonamides is 1. The van der Waals surface area contributed by atoms with E-state index < -0.39 is 27.8 Å². The van der Waals surface area contributed by atoms with Crippen LogP contribution in [0.1, 0.15) is 39.1 Å². The number of benzene rings is 2. The molecular formula is C19H18N2O6S. The lowest BCUT2D eigenvalue weighted by atomic mass is 10.1. The molecule has 2 aromatic rings. The van der Waals surface area contributed by atoms with Crippen molar-refractivity contribution in [1.82, 2.24) is 9.79 Å². The number of nitrogens with one attached hydrogen (secondary N) is 1. The summed E-state index contributed by atoms with van der Waals surface area (Å²) in [6.45, 7) is 1.86. The number of imide groups is 1. The van der Waals surface area contributed by atoms with Crippen LogP contribution in [0.5, 0.6) is 0 Å². The lowest BCUT2D eigenvalue weighted by Gasteiger charge is -2.12. The van der Waals surface area contributed by atoms with Crippen LogP contribution in [-0.2, 0) is 19.7 Å². The summed E-state index contributed by atoms with van der Waals surface area (Å²) in [5.41, 5.74) is 1.28. The van der Waals surface area contributed by atoms with Gasteiger partial charge < -0.3 is 4.84 Å². The van der Waals surface area contributed by atoms with Gasteiger partial charge in [-0.3, -0.25) is 9.59 Å². The second-order valence-electron chi connectivity index (χ2n) is 6.23. The van der Waals surface area contributed by atoms with Gasteiger partial charge in [0.25, 0.3) is 11.8 Å². The zero-order valence-electron chi connectivity index (χ0n) is 15.0. The van der Waals surface area contributed by atoms with Crippen molar-refractivity contribution in [1.29, 1.82) is 0 Å². The van der Waals surface area contributed by atoms with Gasteiger partial charge in [0, 0.05) is 13.0 Å². The van der Waals surface area contributed by atoms with Gasteiger partial charge in [-0.05, 0) is 37.6 Å². The summed E-state index contributed by atoms with van der Waals surface area (Å²) < 4.78 is 26.7. The molecule has 0 saturated carbocycles. The number of carbonyl (C=O) groups excluding carboxylic acids is 3. The van der Waals surface area contributed by atoms with Gasteiger partial charge in [-0.1, -0.05) is 34.9 Å². The van der Waals surface area contributed by atoms with Crippen molar-refractivity contribution in [3.63, 3.8) is 0 Å². The third-order valence-electron chi connectivity index (χ3n) is 4.13. The van der Waals surface area contributed by atoms with E-state index in [9.17, 15) is 22.8 Å². The molecule has 1 aliphatic rings. The van der Waals surface area contributed by atoms with Crippen LogP contribution in [0.4, 0.5) is 0 Å². The molecule has 0 saturated heterocycles. The molecule has 1 aliphatic heterocycles. The first-order chi connectivity index (χ1) is 13.3. The Balaban J connectivity index is 1.48. The largest absolute Gasteiger partial charge is 0.333 e. The lowest BCUT2D eigenvalue weighted by Crippen LogP contribution is -2.33. The molecule has 2 aromatic carbocycles. The van der Waals surface area contributed by atoms with E-state index in [0.29, 0.717) is 5.06 Å². The highest BCUT2D eigenvalue weighted by Gasteiger charge is 2.38. The highest BCUT2D eigenvalue weighted by molar-refractivity contribution is 7.89. The van der Waals surface area contributed by atoms with Gasteiger partial charge in [0.05, 0.1) is 16.0 Å². The van der Waals surface area contributed by atoms with E-state index in [1.807, 2.05) is 6.92 Å². The molecule has 2 amide bonds. The van der Waals surface area contributed by atoms with Crippen molar-refractivity contribution in [2.45, 2.75) is 24.7 Å². The molecule has 1 N–H and O–H groups in total. The first kappa shape index (κ1) is 19.7. The Labute approximate surface area is 162 Å². The molecule has 8 nitrogen and oxygen atoms in total. The first-order valence-corrected chi connectivity index (χ1v) is 10.0. The highest BCUT2D eigenvalue weighted by Crippen LogP contribution is 2.22. The zero-order chi connectivity index (χ0) is 20.3. The van der Waals surface area contributed by atoms with Crippen molar-refractivity contribution in [2.24, 2.45) is 0 Å². The quantitative estimate of drug-likeness (QED) is 0.559. The standard InChI is InChI=1S/C19H18N2O6S/c1-13-8-10-14(11-9-13)28(25,26)20-12-4-7-17(22)27-21-18(23)15-5-2-3-6-16(15)19(21)24/h2-3,5-6,8-11,20H,4,7,12H2,1H3. The average molecular weight is 402 g/mol. The van der Waals surface area contributed by atoms with Crippen LogP contribution in [0.3, 0.4) is 0 Å². The summed E-state index contributed by atoms with van der Waals surface area (Å²) in [4.78, 5) is 41.2. The number of fused-ring (bicyclic) bond motifs is 1. The maximum atomic E-state index is 12.2.